The predicted molar refractivity (Wildman–Crippen MR) is 99.0 cm³/mol. The van der Waals surface area contributed by atoms with Crippen molar-refractivity contribution in [2.24, 2.45) is 0 Å². The topological polar surface area (TPSA) is 43.2 Å². The second kappa shape index (κ2) is 7.79. The summed E-state index contributed by atoms with van der Waals surface area (Å²) in [6, 6.07) is 8.75. The number of alkyl halides is 3. The minimum atomic E-state index is -4.25. The molecule has 1 aromatic carbocycles. The number of nitrogens with zero attached hydrogens (tertiary/aromatic N) is 4. The van der Waals surface area contributed by atoms with Crippen molar-refractivity contribution in [1.82, 2.24) is 19.4 Å². The highest BCUT2D eigenvalue weighted by Crippen LogP contribution is 2.31. The highest BCUT2D eigenvalue weighted by atomic mass is 19.4. The molecule has 0 N–H and O–H groups in total. The number of hydrogen-bond donors (Lipinski definition) is 0. The Hall–Kier alpha value is -2.61. The number of fused-ring (bicyclic) bond motifs is 1. The van der Waals surface area contributed by atoms with Gasteiger partial charge < -0.3 is 9.30 Å². The smallest absolute Gasteiger partial charge is 0.406 e. The van der Waals surface area contributed by atoms with Crippen LogP contribution in [0.2, 0.25) is 0 Å². The molecule has 148 valence electrons. The zero-order valence-electron chi connectivity index (χ0n) is 15.3. The second-order valence-corrected chi connectivity index (χ2v) is 7.01. The lowest BCUT2D eigenvalue weighted by Gasteiger charge is -2.31. The summed E-state index contributed by atoms with van der Waals surface area (Å²) in [5, 5.41) is 0.715. The van der Waals surface area contributed by atoms with Gasteiger partial charge in [-0.05, 0) is 37.1 Å². The Morgan fingerprint density at radius 1 is 1.04 bits per heavy atom. The molecule has 0 radical (unpaired) electrons. The first-order valence-corrected chi connectivity index (χ1v) is 9.27. The minimum absolute atomic E-state index is 0.0458. The molecule has 8 heteroatoms. The molecule has 1 aliphatic heterocycles. The Morgan fingerprint density at radius 2 is 1.79 bits per heavy atom. The molecule has 5 nitrogen and oxygen atoms in total. The van der Waals surface area contributed by atoms with Gasteiger partial charge >= 0.3 is 6.18 Å². The third kappa shape index (κ3) is 4.44. The molecule has 0 aliphatic carbocycles. The molecule has 0 amide bonds. The van der Waals surface area contributed by atoms with Crippen molar-refractivity contribution >= 4 is 10.9 Å². The van der Waals surface area contributed by atoms with Gasteiger partial charge in [-0.15, -0.1) is 0 Å². The summed E-state index contributed by atoms with van der Waals surface area (Å²) in [6.07, 6.45) is 2.45. The molecule has 0 spiro atoms. The van der Waals surface area contributed by atoms with Crippen LogP contribution in [0.3, 0.4) is 0 Å². The molecule has 3 aromatic rings. The Morgan fingerprint density at radius 3 is 2.50 bits per heavy atom. The Balaban J connectivity index is 1.39. The quantitative estimate of drug-likeness (QED) is 0.660. The minimum Gasteiger partial charge on any atom is -0.490 e. The van der Waals surface area contributed by atoms with Gasteiger partial charge in [0.15, 0.2) is 0 Å². The number of hydrogen-bond acceptors (Lipinski definition) is 4. The van der Waals surface area contributed by atoms with E-state index in [1.54, 1.807) is 36.7 Å². The molecule has 1 aliphatic rings. The van der Waals surface area contributed by atoms with Crippen molar-refractivity contribution in [1.29, 1.82) is 0 Å². The van der Waals surface area contributed by atoms with Crippen LogP contribution in [0.25, 0.3) is 10.9 Å². The van der Waals surface area contributed by atoms with Gasteiger partial charge in [0.05, 0.1) is 12.1 Å². The van der Waals surface area contributed by atoms with Crippen LogP contribution in [-0.2, 0) is 13.1 Å². The van der Waals surface area contributed by atoms with Crippen LogP contribution >= 0.6 is 0 Å². The van der Waals surface area contributed by atoms with Crippen LogP contribution in [-0.4, -0.2) is 44.8 Å². The average Bonchev–Trinajstić information content (AvgIpc) is 3.06. The molecule has 4 rings (SSSR count). The molecule has 1 saturated heterocycles. The highest BCUT2D eigenvalue weighted by Gasteiger charge is 2.28. The van der Waals surface area contributed by atoms with Crippen LogP contribution in [0.1, 0.15) is 18.7 Å². The Kier molecular flexibility index (Phi) is 5.21. The summed E-state index contributed by atoms with van der Waals surface area (Å²) in [5.74, 6) is 1.45. The van der Waals surface area contributed by atoms with Gasteiger partial charge in [0.2, 0.25) is 0 Å². The number of likely N-dealkylation sites (tertiary alicyclic amines) is 1. The van der Waals surface area contributed by atoms with E-state index in [-0.39, 0.29) is 6.10 Å². The van der Waals surface area contributed by atoms with Crippen LogP contribution in [0.4, 0.5) is 13.2 Å². The summed E-state index contributed by atoms with van der Waals surface area (Å²) in [4.78, 5) is 10.8. The zero-order valence-corrected chi connectivity index (χ0v) is 15.3. The number of ether oxygens (including phenoxy) is 1. The summed E-state index contributed by atoms with van der Waals surface area (Å²) in [5.41, 5.74) is 0.536. The summed E-state index contributed by atoms with van der Waals surface area (Å²) < 4.78 is 45.6. The van der Waals surface area contributed by atoms with E-state index in [0.29, 0.717) is 23.2 Å². The van der Waals surface area contributed by atoms with Gasteiger partial charge in [-0.25, -0.2) is 9.97 Å². The van der Waals surface area contributed by atoms with E-state index in [1.807, 2.05) is 6.07 Å². The predicted octanol–water partition coefficient (Wildman–Crippen LogP) is 4.04. The first kappa shape index (κ1) is 18.7. The molecule has 0 saturated carbocycles. The molecular weight excluding hydrogens is 369 g/mol. The third-order valence-corrected chi connectivity index (χ3v) is 4.94. The van der Waals surface area contributed by atoms with Gasteiger partial charge in [-0.1, -0.05) is 6.07 Å². The Bertz CT molecular complexity index is 918. The van der Waals surface area contributed by atoms with Gasteiger partial charge in [0, 0.05) is 37.1 Å². The maximum atomic E-state index is 12.7. The molecule has 0 atom stereocenters. The molecular formula is C20H21F3N4O. The van der Waals surface area contributed by atoms with E-state index in [9.17, 15) is 13.2 Å². The molecule has 3 heterocycles. The van der Waals surface area contributed by atoms with Crippen molar-refractivity contribution in [3.8, 4) is 5.75 Å². The first-order valence-electron chi connectivity index (χ1n) is 9.27. The van der Waals surface area contributed by atoms with E-state index in [1.165, 1.54) is 10.8 Å². The highest BCUT2D eigenvalue weighted by molar-refractivity contribution is 5.86. The van der Waals surface area contributed by atoms with Crippen LogP contribution in [0.5, 0.6) is 5.75 Å². The van der Waals surface area contributed by atoms with Gasteiger partial charge in [-0.3, -0.25) is 4.90 Å². The fraction of sp³-hybridized carbons (Fsp3) is 0.400. The Labute approximate surface area is 160 Å². The first-order chi connectivity index (χ1) is 13.5. The van der Waals surface area contributed by atoms with Gasteiger partial charge in [0.25, 0.3) is 0 Å². The lowest BCUT2D eigenvalue weighted by atomic mass is 10.1. The van der Waals surface area contributed by atoms with Crippen LogP contribution in [0, 0.1) is 0 Å². The van der Waals surface area contributed by atoms with Crippen molar-refractivity contribution < 1.29 is 17.9 Å². The normalized spacial score (nSPS) is 16.5. The average molecular weight is 390 g/mol. The van der Waals surface area contributed by atoms with Gasteiger partial charge in [0.1, 0.15) is 24.2 Å². The molecule has 0 bridgehead atoms. The number of halogens is 3. The number of piperidine rings is 1. The van der Waals surface area contributed by atoms with Crippen molar-refractivity contribution in [2.75, 3.05) is 13.1 Å². The maximum absolute atomic E-state index is 12.7. The van der Waals surface area contributed by atoms with E-state index < -0.39 is 12.7 Å². The van der Waals surface area contributed by atoms with Crippen molar-refractivity contribution in [2.45, 2.75) is 38.2 Å². The standard InChI is InChI=1S/C20H21F3N4O/c21-20(22,23)14-27-12-7-16-17(27)3-1-4-18(16)28-15-5-10-26(11-6-15)13-19-24-8-2-9-25-19/h1-4,7-9,12,15H,5-6,10-11,13-14H2. The summed E-state index contributed by atoms with van der Waals surface area (Å²) in [6.45, 7) is 1.45. The fourth-order valence-corrected chi connectivity index (χ4v) is 3.61. The van der Waals surface area contributed by atoms with Gasteiger partial charge in [-0.2, -0.15) is 13.2 Å². The number of benzene rings is 1. The van der Waals surface area contributed by atoms with Crippen molar-refractivity contribution in [3.05, 3.63) is 54.7 Å². The molecule has 2 aromatic heterocycles. The van der Waals surface area contributed by atoms with Crippen LogP contribution < -0.4 is 4.74 Å². The lowest BCUT2D eigenvalue weighted by molar-refractivity contribution is -0.139. The number of aromatic nitrogens is 3. The summed E-state index contributed by atoms with van der Waals surface area (Å²) in [7, 11) is 0. The lowest BCUT2D eigenvalue weighted by Crippen LogP contribution is -2.38. The van der Waals surface area contributed by atoms with Crippen LogP contribution in [0.15, 0.2) is 48.9 Å². The monoisotopic (exact) mass is 390 g/mol. The van der Waals surface area contributed by atoms with Crippen molar-refractivity contribution in [3.63, 3.8) is 0 Å². The fourth-order valence-electron chi connectivity index (χ4n) is 3.61. The maximum Gasteiger partial charge on any atom is 0.406 e. The second-order valence-electron chi connectivity index (χ2n) is 7.01. The number of rotatable bonds is 5. The molecule has 28 heavy (non-hydrogen) atoms. The molecule has 0 unspecified atom stereocenters. The zero-order chi connectivity index (χ0) is 19.6. The van der Waals surface area contributed by atoms with E-state index in [0.717, 1.165) is 31.8 Å². The third-order valence-electron chi connectivity index (χ3n) is 4.94. The summed E-state index contributed by atoms with van der Waals surface area (Å²) >= 11 is 0. The van der Waals surface area contributed by atoms with E-state index >= 15 is 0 Å². The van der Waals surface area contributed by atoms with E-state index in [4.69, 9.17) is 4.74 Å². The van der Waals surface area contributed by atoms with E-state index in [2.05, 4.69) is 14.9 Å². The molecule has 1 fully saturated rings. The largest absolute Gasteiger partial charge is 0.490 e. The SMILES string of the molecule is FC(F)(F)Cn1ccc2c(OC3CCN(Cc4ncccn4)CC3)cccc21.